The Labute approximate surface area is 97.9 Å². The zero-order valence-corrected chi connectivity index (χ0v) is 9.21. The number of nitrogens with zero attached hydrogens (tertiary/aromatic N) is 1. The van der Waals surface area contributed by atoms with Crippen LogP contribution in [0.2, 0.25) is 5.02 Å². The van der Waals surface area contributed by atoms with Crippen LogP contribution < -0.4 is 5.73 Å². The Morgan fingerprint density at radius 1 is 1.25 bits per heavy atom. The molecule has 4 heteroatoms. The van der Waals surface area contributed by atoms with Crippen LogP contribution in [-0.2, 0) is 6.54 Å². The molecule has 2 nitrogen and oxygen atoms in total. The number of benzene rings is 1. The Hall–Kier alpha value is -1.45. The first-order chi connectivity index (χ1) is 7.70. The summed E-state index contributed by atoms with van der Waals surface area (Å²) in [6, 6.07) is 8.30. The maximum Gasteiger partial charge on any atom is 0.142 e. The van der Waals surface area contributed by atoms with Gasteiger partial charge in [0, 0.05) is 18.3 Å². The van der Waals surface area contributed by atoms with Gasteiger partial charge in [-0.1, -0.05) is 23.7 Å². The highest BCUT2D eigenvalue weighted by Crippen LogP contribution is 2.22. The van der Waals surface area contributed by atoms with Gasteiger partial charge in [-0.2, -0.15) is 0 Å². The maximum atomic E-state index is 13.2. The molecule has 2 aromatic rings. The van der Waals surface area contributed by atoms with Gasteiger partial charge in [0.25, 0.3) is 0 Å². The van der Waals surface area contributed by atoms with Crippen LogP contribution >= 0.6 is 11.6 Å². The highest BCUT2D eigenvalue weighted by molar-refractivity contribution is 6.30. The molecule has 0 spiro atoms. The summed E-state index contributed by atoms with van der Waals surface area (Å²) in [4.78, 5) is 4.20. The van der Waals surface area contributed by atoms with E-state index >= 15 is 0 Å². The molecule has 1 heterocycles. The Morgan fingerprint density at radius 2 is 2.06 bits per heavy atom. The fourth-order valence-corrected chi connectivity index (χ4v) is 1.49. The van der Waals surface area contributed by atoms with Gasteiger partial charge in [-0.25, -0.2) is 4.39 Å². The van der Waals surface area contributed by atoms with Crippen LogP contribution in [0, 0.1) is 5.82 Å². The first-order valence-electron chi connectivity index (χ1n) is 4.81. The van der Waals surface area contributed by atoms with E-state index in [-0.39, 0.29) is 5.02 Å². The second-order valence-electron chi connectivity index (χ2n) is 3.38. The maximum absolute atomic E-state index is 13.2. The Bertz CT molecular complexity index is 497. The van der Waals surface area contributed by atoms with Crippen LogP contribution in [0.5, 0.6) is 0 Å². The Morgan fingerprint density at radius 3 is 2.62 bits per heavy atom. The van der Waals surface area contributed by atoms with Crippen molar-refractivity contribution in [1.82, 2.24) is 4.98 Å². The molecule has 0 aliphatic rings. The standard InChI is InChI=1S/C12H10ClFN2/c13-10-3-2-9(5-11(10)14)12-4-1-8(6-15)7-16-12/h1-5,7H,6,15H2. The molecule has 82 valence electrons. The minimum absolute atomic E-state index is 0.113. The average Bonchev–Trinajstić information content (AvgIpc) is 2.33. The van der Waals surface area contributed by atoms with E-state index in [0.29, 0.717) is 17.8 Å². The van der Waals surface area contributed by atoms with Gasteiger partial charge in [-0.3, -0.25) is 4.98 Å². The quantitative estimate of drug-likeness (QED) is 0.871. The summed E-state index contributed by atoms with van der Waals surface area (Å²) in [7, 11) is 0. The molecule has 1 aromatic carbocycles. The normalized spacial score (nSPS) is 10.4. The van der Waals surface area contributed by atoms with Crippen molar-refractivity contribution in [3.05, 3.63) is 52.9 Å². The van der Waals surface area contributed by atoms with Crippen molar-refractivity contribution in [2.24, 2.45) is 5.73 Å². The fourth-order valence-electron chi connectivity index (χ4n) is 1.37. The summed E-state index contributed by atoms with van der Waals surface area (Å²) < 4.78 is 13.2. The van der Waals surface area contributed by atoms with Crippen molar-refractivity contribution < 1.29 is 4.39 Å². The minimum atomic E-state index is -0.441. The van der Waals surface area contributed by atoms with E-state index in [0.717, 1.165) is 5.56 Å². The molecule has 0 amide bonds. The highest BCUT2D eigenvalue weighted by atomic mass is 35.5. The van der Waals surface area contributed by atoms with E-state index in [2.05, 4.69) is 4.98 Å². The zero-order chi connectivity index (χ0) is 11.5. The van der Waals surface area contributed by atoms with Crippen LogP contribution in [0.3, 0.4) is 0 Å². The third-order valence-electron chi connectivity index (χ3n) is 2.28. The van der Waals surface area contributed by atoms with Gasteiger partial charge < -0.3 is 5.73 Å². The first-order valence-corrected chi connectivity index (χ1v) is 5.19. The first kappa shape index (κ1) is 11.0. The summed E-state index contributed by atoms with van der Waals surface area (Å²) in [5.74, 6) is -0.441. The van der Waals surface area contributed by atoms with E-state index in [1.54, 1.807) is 12.3 Å². The van der Waals surface area contributed by atoms with Crippen LogP contribution in [0.1, 0.15) is 5.56 Å². The predicted molar refractivity (Wildman–Crippen MR) is 62.5 cm³/mol. The molecule has 16 heavy (non-hydrogen) atoms. The lowest BCUT2D eigenvalue weighted by molar-refractivity contribution is 0.628. The van der Waals surface area contributed by atoms with E-state index in [1.165, 1.54) is 12.1 Å². The lowest BCUT2D eigenvalue weighted by Gasteiger charge is -2.03. The molecule has 0 aliphatic heterocycles. The molecule has 0 bridgehead atoms. The van der Waals surface area contributed by atoms with Crippen molar-refractivity contribution in [3.8, 4) is 11.3 Å². The second kappa shape index (κ2) is 4.60. The van der Waals surface area contributed by atoms with Crippen LogP contribution in [0.4, 0.5) is 4.39 Å². The van der Waals surface area contributed by atoms with Crippen molar-refractivity contribution >= 4 is 11.6 Å². The van der Waals surface area contributed by atoms with Gasteiger partial charge in [0.2, 0.25) is 0 Å². The Balaban J connectivity index is 2.38. The largest absolute Gasteiger partial charge is 0.326 e. The van der Waals surface area contributed by atoms with Gasteiger partial charge in [0.1, 0.15) is 5.82 Å². The molecular formula is C12H10ClFN2. The van der Waals surface area contributed by atoms with Gasteiger partial charge in [-0.05, 0) is 23.8 Å². The molecule has 1 aromatic heterocycles. The second-order valence-corrected chi connectivity index (χ2v) is 3.79. The predicted octanol–water partition coefficient (Wildman–Crippen LogP) is 3.00. The molecule has 2 rings (SSSR count). The minimum Gasteiger partial charge on any atom is -0.326 e. The number of rotatable bonds is 2. The number of nitrogens with two attached hydrogens (primary N) is 1. The average molecular weight is 237 g/mol. The van der Waals surface area contributed by atoms with Gasteiger partial charge >= 0.3 is 0 Å². The third kappa shape index (κ3) is 2.21. The van der Waals surface area contributed by atoms with Crippen LogP contribution in [-0.4, -0.2) is 4.98 Å². The lowest BCUT2D eigenvalue weighted by atomic mass is 10.1. The fraction of sp³-hybridized carbons (Fsp3) is 0.0833. The van der Waals surface area contributed by atoms with Gasteiger partial charge in [0.15, 0.2) is 0 Å². The molecular weight excluding hydrogens is 227 g/mol. The van der Waals surface area contributed by atoms with E-state index in [4.69, 9.17) is 17.3 Å². The summed E-state index contributed by atoms with van der Waals surface area (Å²) in [6.07, 6.45) is 1.68. The van der Waals surface area contributed by atoms with Crippen molar-refractivity contribution in [2.75, 3.05) is 0 Å². The Kier molecular flexibility index (Phi) is 3.17. The van der Waals surface area contributed by atoms with Crippen molar-refractivity contribution in [3.63, 3.8) is 0 Å². The molecule has 0 saturated carbocycles. The number of halogens is 2. The number of pyridine rings is 1. The molecule has 0 unspecified atom stereocenters. The summed E-state index contributed by atoms with van der Waals surface area (Å²) in [6.45, 7) is 0.447. The van der Waals surface area contributed by atoms with Crippen molar-refractivity contribution in [2.45, 2.75) is 6.54 Å². The number of aromatic nitrogens is 1. The van der Waals surface area contributed by atoms with Gasteiger partial charge in [0.05, 0.1) is 10.7 Å². The van der Waals surface area contributed by atoms with Crippen LogP contribution in [0.25, 0.3) is 11.3 Å². The summed E-state index contributed by atoms with van der Waals surface area (Å²) >= 11 is 5.60. The topological polar surface area (TPSA) is 38.9 Å². The van der Waals surface area contributed by atoms with E-state index in [9.17, 15) is 4.39 Å². The van der Waals surface area contributed by atoms with E-state index < -0.39 is 5.82 Å². The zero-order valence-electron chi connectivity index (χ0n) is 8.45. The molecule has 0 atom stereocenters. The summed E-state index contributed by atoms with van der Waals surface area (Å²) in [5, 5.41) is 0.113. The number of hydrogen-bond acceptors (Lipinski definition) is 2. The van der Waals surface area contributed by atoms with Crippen LogP contribution in [0.15, 0.2) is 36.5 Å². The van der Waals surface area contributed by atoms with Crippen molar-refractivity contribution in [1.29, 1.82) is 0 Å². The number of hydrogen-bond donors (Lipinski definition) is 1. The van der Waals surface area contributed by atoms with Gasteiger partial charge in [-0.15, -0.1) is 0 Å². The molecule has 2 N–H and O–H groups in total. The summed E-state index contributed by atoms with van der Waals surface area (Å²) in [5.41, 5.74) is 7.81. The van der Waals surface area contributed by atoms with E-state index in [1.807, 2.05) is 12.1 Å². The lowest BCUT2D eigenvalue weighted by Crippen LogP contribution is -1.96. The monoisotopic (exact) mass is 236 g/mol. The SMILES string of the molecule is NCc1ccc(-c2ccc(Cl)c(F)c2)nc1. The molecule has 0 fully saturated rings. The molecule has 0 aliphatic carbocycles. The molecule has 0 saturated heterocycles. The smallest absolute Gasteiger partial charge is 0.142 e. The molecule has 0 radical (unpaired) electrons. The highest BCUT2D eigenvalue weighted by Gasteiger charge is 2.04. The third-order valence-corrected chi connectivity index (χ3v) is 2.58.